The van der Waals surface area contributed by atoms with Crippen LogP contribution in [0.25, 0.3) is 0 Å². The van der Waals surface area contributed by atoms with E-state index in [0.29, 0.717) is 32.1 Å². The predicted molar refractivity (Wildman–Crippen MR) is 259 cm³/mol. The van der Waals surface area contributed by atoms with Crippen LogP contribution in [0.2, 0.25) is 0 Å². The Hall–Kier alpha value is -3.79. The Kier molecular flexibility index (Phi) is 35.8. The van der Waals surface area contributed by atoms with Gasteiger partial charge >= 0.3 is 19.8 Å². The number of aliphatic hydroxyl groups excluding tert-OH is 6. The molecule has 0 aliphatic heterocycles. The van der Waals surface area contributed by atoms with Gasteiger partial charge in [-0.15, -0.1) is 0 Å². The van der Waals surface area contributed by atoms with Gasteiger partial charge in [0.25, 0.3) is 0 Å². The molecule has 15 heteroatoms. The van der Waals surface area contributed by atoms with E-state index in [1.807, 2.05) is 79.8 Å². The van der Waals surface area contributed by atoms with E-state index >= 15 is 0 Å². The Balaban J connectivity index is 2.58. The van der Waals surface area contributed by atoms with Crippen LogP contribution >= 0.6 is 7.82 Å². The Morgan fingerprint density at radius 3 is 1.59 bits per heavy atom. The highest BCUT2D eigenvalue weighted by Crippen LogP contribution is 2.47. The van der Waals surface area contributed by atoms with Crippen molar-refractivity contribution in [2.75, 3.05) is 13.2 Å². The molecule has 1 aliphatic rings. The molecule has 372 valence electrons. The van der Waals surface area contributed by atoms with Crippen LogP contribution in [-0.4, -0.2) is 110 Å². The van der Waals surface area contributed by atoms with E-state index < -0.39 is 81.8 Å². The van der Waals surface area contributed by atoms with Crippen molar-refractivity contribution < 1.29 is 68.2 Å². The molecule has 1 fully saturated rings. The van der Waals surface area contributed by atoms with E-state index in [2.05, 4.69) is 49.5 Å². The summed E-state index contributed by atoms with van der Waals surface area (Å²) in [6.45, 7) is 2.90. The molecule has 1 rings (SSSR count). The third-order valence-electron chi connectivity index (χ3n) is 9.88. The lowest BCUT2D eigenvalue weighted by Gasteiger charge is -2.41. The van der Waals surface area contributed by atoms with Gasteiger partial charge in [-0.05, 0) is 83.5 Å². The van der Waals surface area contributed by atoms with Crippen LogP contribution in [0.5, 0.6) is 0 Å². The lowest BCUT2D eigenvalue weighted by molar-refractivity contribution is -0.220. The smallest absolute Gasteiger partial charge is 0.462 e. The normalized spacial score (nSPS) is 22.9. The predicted octanol–water partition coefficient (Wildman–Crippen LogP) is 8.36. The number of esters is 2. The topological polar surface area (TPSA) is 230 Å². The summed E-state index contributed by atoms with van der Waals surface area (Å²) in [5.41, 5.74) is 0. The molecule has 0 aromatic heterocycles. The summed E-state index contributed by atoms with van der Waals surface area (Å²) in [7, 11) is -5.17. The van der Waals surface area contributed by atoms with Crippen LogP contribution in [-0.2, 0) is 32.7 Å². The van der Waals surface area contributed by atoms with Gasteiger partial charge in [0.2, 0.25) is 0 Å². The van der Waals surface area contributed by atoms with Gasteiger partial charge in [-0.25, -0.2) is 4.57 Å². The fraction of sp³-hybridized carbons (Fsp3) is 0.569. The van der Waals surface area contributed by atoms with Gasteiger partial charge in [-0.1, -0.05) is 148 Å². The van der Waals surface area contributed by atoms with Crippen LogP contribution in [0.1, 0.15) is 123 Å². The number of ether oxygens (including phenoxy) is 2. The Labute approximate surface area is 393 Å². The number of hydrogen-bond acceptors (Lipinski definition) is 13. The minimum absolute atomic E-state index is 0.0474. The standard InChI is InChI=1S/C51H79O14P/c1-3-5-7-8-9-10-11-12-13-14-15-16-17-18-23-26-29-32-35-39-45(54)64-43(41-63-66(60,61)65-51-49(58)47(56)46(55)48(57)50(51)59)40-62-44(53)38-34-31-28-25-22-20-19-21-24-27-30-33-37-42(52)36-6-4-2/h6,9-10,12-13,15-16,18-20,23-25,27-30,32-33,36,42-43,46-52,55-59H,3-5,7-8,11,14,17,21-22,26,31,34-35,37-41H2,1-2H3,(H,60,61)/b10-9-,13-12-,16-15-,20-19-,23-18-,27-24-,28-25-,32-29-,33-30+,36-6-/t42?,43-,46?,47-,48+,49-,50-,51?/m1/s1. The number of aliphatic hydroxyl groups is 6. The van der Waals surface area contributed by atoms with Crippen molar-refractivity contribution in [3.8, 4) is 0 Å². The number of carbonyl (C=O) groups excluding carboxylic acids is 2. The fourth-order valence-electron chi connectivity index (χ4n) is 6.09. The molecule has 14 nitrogen and oxygen atoms in total. The molecule has 0 spiro atoms. The largest absolute Gasteiger partial charge is 0.472 e. The van der Waals surface area contributed by atoms with E-state index in [9.17, 15) is 49.7 Å². The van der Waals surface area contributed by atoms with Crippen LogP contribution in [0.15, 0.2) is 122 Å². The second kappa shape index (κ2) is 39.2. The molecular weight excluding hydrogens is 868 g/mol. The minimum Gasteiger partial charge on any atom is -0.462 e. The molecule has 7 N–H and O–H groups in total. The van der Waals surface area contributed by atoms with Gasteiger partial charge < -0.3 is 45.0 Å². The number of carbonyl (C=O) groups is 2. The van der Waals surface area contributed by atoms with Crippen molar-refractivity contribution in [3.63, 3.8) is 0 Å². The molecule has 1 saturated carbocycles. The number of phosphoric acid groups is 1. The van der Waals surface area contributed by atoms with Gasteiger partial charge in [0.15, 0.2) is 6.10 Å². The summed E-state index contributed by atoms with van der Waals surface area (Å²) in [6, 6.07) is 0. The number of rotatable bonds is 36. The maximum Gasteiger partial charge on any atom is 0.472 e. The maximum atomic E-state index is 12.8. The molecule has 0 amide bonds. The monoisotopic (exact) mass is 947 g/mol. The average molecular weight is 947 g/mol. The highest BCUT2D eigenvalue weighted by Gasteiger charge is 2.51. The maximum absolute atomic E-state index is 12.8. The van der Waals surface area contributed by atoms with Crippen molar-refractivity contribution in [1.29, 1.82) is 0 Å². The Morgan fingerprint density at radius 2 is 1.05 bits per heavy atom. The van der Waals surface area contributed by atoms with E-state index in [1.54, 1.807) is 6.08 Å². The van der Waals surface area contributed by atoms with Crippen molar-refractivity contribution in [1.82, 2.24) is 0 Å². The first-order chi connectivity index (χ1) is 31.8. The first-order valence-electron chi connectivity index (χ1n) is 23.4. The molecule has 0 heterocycles. The van der Waals surface area contributed by atoms with Gasteiger partial charge in [-0.3, -0.25) is 18.6 Å². The summed E-state index contributed by atoms with van der Waals surface area (Å²) in [4.78, 5) is 35.7. The molecule has 9 atom stereocenters. The Morgan fingerprint density at radius 1 is 0.561 bits per heavy atom. The van der Waals surface area contributed by atoms with E-state index in [0.717, 1.165) is 44.9 Å². The van der Waals surface area contributed by atoms with Gasteiger partial charge in [0, 0.05) is 12.8 Å². The number of unbranched alkanes of at least 4 members (excludes halogenated alkanes) is 4. The number of hydrogen-bond donors (Lipinski definition) is 7. The molecule has 66 heavy (non-hydrogen) atoms. The summed E-state index contributed by atoms with van der Waals surface area (Å²) in [6.07, 6.45) is 38.9. The first-order valence-corrected chi connectivity index (χ1v) is 24.9. The second-order valence-electron chi connectivity index (χ2n) is 15.7. The first kappa shape index (κ1) is 60.2. The molecule has 1 aliphatic carbocycles. The van der Waals surface area contributed by atoms with Crippen molar-refractivity contribution >= 4 is 19.8 Å². The van der Waals surface area contributed by atoms with Crippen LogP contribution in [0, 0.1) is 0 Å². The molecule has 0 radical (unpaired) electrons. The van der Waals surface area contributed by atoms with Crippen LogP contribution in [0.4, 0.5) is 0 Å². The highest BCUT2D eigenvalue weighted by molar-refractivity contribution is 7.47. The number of allylic oxidation sites excluding steroid dienone is 18. The lowest BCUT2D eigenvalue weighted by atomic mass is 9.85. The van der Waals surface area contributed by atoms with E-state index in [1.165, 1.54) is 19.3 Å². The zero-order chi connectivity index (χ0) is 48.7. The minimum atomic E-state index is -5.17. The summed E-state index contributed by atoms with van der Waals surface area (Å²) in [5.74, 6) is -1.30. The van der Waals surface area contributed by atoms with Gasteiger partial charge in [0.05, 0.1) is 12.7 Å². The molecule has 0 saturated heterocycles. The third-order valence-corrected chi connectivity index (χ3v) is 10.9. The summed E-state index contributed by atoms with van der Waals surface area (Å²) in [5, 5.41) is 59.9. The van der Waals surface area contributed by atoms with E-state index in [-0.39, 0.29) is 12.8 Å². The SMILES string of the molecule is CC/C=C\C(O)C/C=C/C=C\C/C=C\C/C=C\CCCC(=O)OC[C@H](COP(=O)(O)OC1[C@H](O)[C@H](O)C(O)[C@H](O)[C@H]1O)OC(=O)CC/C=C\C/C=C\C/C=C\C/C=C\C/C=C\CCCCC. The fourth-order valence-corrected chi connectivity index (χ4v) is 7.06. The summed E-state index contributed by atoms with van der Waals surface area (Å²) >= 11 is 0. The van der Waals surface area contributed by atoms with Gasteiger partial charge in [0.1, 0.15) is 43.2 Å². The zero-order valence-corrected chi connectivity index (χ0v) is 39.9. The third kappa shape index (κ3) is 31.2. The van der Waals surface area contributed by atoms with Gasteiger partial charge in [-0.2, -0.15) is 0 Å². The Bertz CT molecular complexity index is 1630. The zero-order valence-electron chi connectivity index (χ0n) is 39.0. The molecular formula is C51H79O14P. The highest BCUT2D eigenvalue weighted by atomic mass is 31.2. The quantitative estimate of drug-likeness (QED) is 0.0103. The van der Waals surface area contributed by atoms with Crippen molar-refractivity contribution in [2.45, 2.75) is 172 Å². The molecule has 0 aromatic carbocycles. The van der Waals surface area contributed by atoms with Crippen molar-refractivity contribution in [2.24, 2.45) is 0 Å². The lowest BCUT2D eigenvalue weighted by Crippen LogP contribution is -2.64. The summed E-state index contributed by atoms with van der Waals surface area (Å²) < 4.78 is 33.4. The van der Waals surface area contributed by atoms with Crippen LogP contribution in [0.3, 0.4) is 0 Å². The molecule has 0 bridgehead atoms. The molecule has 4 unspecified atom stereocenters. The van der Waals surface area contributed by atoms with Crippen LogP contribution < -0.4 is 0 Å². The number of phosphoric ester groups is 1. The molecule has 0 aromatic rings. The van der Waals surface area contributed by atoms with Crippen molar-refractivity contribution in [3.05, 3.63) is 122 Å². The van der Waals surface area contributed by atoms with E-state index in [4.69, 9.17) is 18.5 Å². The second-order valence-corrected chi connectivity index (χ2v) is 17.1. The average Bonchev–Trinajstić information content (AvgIpc) is 3.30.